The van der Waals surface area contributed by atoms with Crippen LogP contribution in [0.15, 0.2) is 42.5 Å². The van der Waals surface area contributed by atoms with E-state index >= 15 is 0 Å². The monoisotopic (exact) mass is 369 g/mol. The lowest BCUT2D eigenvalue weighted by Crippen LogP contribution is -2.28. The van der Waals surface area contributed by atoms with E-state index in [9.17, 15) is 9.59 Å². The number of carbonyl (C=O) groups is 2. The summed E-state index contributed by atoms with van der Waals surface area (Å²) in [7, 11) is 0. The molecule has 0 aliphatic heterocycles. The van der Waals surface area contributed by atoms with Crippen LogP contribution in [0, 0.1) is 11.3 Å². The van der Waals surface area contributed by atoms with Crippen molar-refractivity contribution in [2.45, 2.75) is 18.9 Å². The number of carbonyl (C=O) groups excluding carboxylic acids is 2. The van der Waals surface area contributed by atoms with Crippen molar-refractivity contribution in [2.75, 3.05) is 11.9 Å². The maximum absolute atomic E-state index is 12.3. The maximum atomic E-state index is 12.3. The minimum atomic E-state index is -0.444. The van der Waals surface area contributed by atoms with Gasteiger partial charge in [0.25, 0.3) is 11.8 Å². The van der Waals surface area contributed by atoms with Crippen LogP contribution in [0.25, 0.3) is 0 Å². The molecule has 0 aromatic heterocycles. The summed E-state index contributed by atoms with van der Waals surface area (Å²) in [5.41, 5.74) is 1.00. The van der Waals surface area contributed by atoms with Gasteiger partial charge in [-0.15, -0.1) is 0 Å². The van der Waals surface area contributed by atoms with Crippen LogP contribution in [-0.2, 0) is 4.79 Å². The molecule has 0 heterocycles. The minimum Gasteiger partial charge on any atom is -0.482 e. The van der Waals surface area contributed by atoms with Gasteiger partial charge in [-0.05, 0) is 43.2 Å². The summed E-state index contributed by atoms with van der Waals surface area (Å²) in [6.45, 7) is -0.287. The number of anilines is 1. The van der Waals surface area contributed by atoms with Crippen molar-refractivity contribution in [3.8, 4) is 11.8 Å². The zero-order valence-corrected chi connectivity index (χ0v) is 14.5. The van der Waals surface area contributed by atoms with E-state index in [2.05, 4.69) is 10.6 Å². The van der Waals surface area contributed by atoms with Crippen molar-refractivity contribution in [3.05, 3.63) is 58.6 Å². The lowest BCUT2D eigenvalue weighted by atomic mass is 10.1. The molecular formula is C19H16ClN3O3. The van der Waals surface area contributed by atoms with Crippen molar-refractivity contribution < 1.29 is 14.3 Å². The average molecular weight is 370 g/mol. The molecule has 1 aliphatic carbocycles. The molecule has 0 atom stereocenters. The Hall–Kier alpha value is -3.04. The third kappa shape index (κ3) is 4.52. The van der Waals surface area contributed by atoms with Crippen LogP contribution >= 0.6 is 11.6 Å². The molecule has 6 nitrogen and oxygen atoms in total. The Bertz CT molecular complexity index is 888. The van der Waals surface area contributed by atoms with Crippen molar-refractivity contribution >= 4 is 29.1 Å². The second-order valence-corrected chi connectivity index (χ2v) is 6.32. The van der Waals surface area contributed by atoms with Gasteiger partial charge in [0.05, 0.1) is 16.8 Å². The molecule has 1 saturated carbocycles. The molecule has 1 aliphatic rings. The van der Waals surface area contributed by atoms with E-state index in [4.69, 9.17) is 21.6 Å². The number of amides is 2. The highest BCUT2D eigenvalue weighted by Crippen LogP contribution is 2.24. The number of hydrogen-bond donors (Lipinski definition) is 2. The zero-order chi connectivity index (χ0) is 18.5. The molecular weight excluding hydrogens is 354 g/mol. The lowest BCUT2D eigenvalue weighted by Gasteiger charge is -2.12. The quantitative estimate of drug-likeness (QED) is 0.818. The Balaban J connectivity index is 1.67. The largest absolute Gasteiger partial charge is 0.482 e. The SMILES string of the molecule is N#Cc1ccccc1OCC(=O)Nc1ccc(Cl)cc1C(=O)NC1CC1. The predicted molar refractivity (Wildman–Crippen MR) is 97.2 cm³/mol. The highest BCUT2D eigenvalue weighted by molar-refractivity contribution is 6.31. The van der Waals surface area contributed by atoms with Gasteiger partial charge in [-0.3, -0.25) is 9.59 Å². The molecule has 1 fully saturated rings. The molecule has 0 spiro atoms. The summed E-state index contributed by atoms with van der Waals surface area (Å²) in [5, 5.41) is 15.0. The summed E-state index contributed by atoms with van der Waals surface area (Å²) in [5.74, 6) is -0.394. The molecule has 2 N–H and O–H groups in total. The first-order valence-electron chi connectivity index (χ1n) is 8.09. The normalized spacial score (nSPS) is 12.8. The Labute approximate surface area is 155 Å². The number of nitriles is 1. The fourth-order valence-corrected chi connectivity index (χ4v) is 2.49. The number of benzene rings is 2. The summed E-state index contributed by atoms with van der Waals surface area (Å²) < 4.78 is 5.40. The molecule has 0 unspecified atom stereocenters. The van der Waals surface area contributed by atoms with E-state index in [-0.39, 0.29) is 18.6 Å². The molecule has 132 valence electrons. The number of nitrogens with one attached hydrogen (secondary N) is 2. The first-order chi connectivity index (χ1) is 12.6. The van der Waals surface area contributed by atoms with Gasteiger partial charge in [0.1, 0.15) is 11.8 Å². The van der Waals surface area contributed by atoms with Crippen LogP contribution in [-0.4, -0.2) is 24.5 Å². The second-order valence-electron chi connectivity index (χ2n) is 5.88. The highest BCUT2D eigenvalue weighted by atomic mass is 35.5. The van der Waals surface area contributed by atoms with Crippen LogP contribution in [0.2, 0.25) is 5.02 Å². The van der Waals surface area contributed by atoms with Crippen LogP contribution in [0.4, 0.5) is 5.69 Å². The Morgan fingerprint density at radius 3 is 2.73 bits per heavy atom. The number of rotatable bonds is 6. The van der Waals surface area contributed by atoms with Gasteiger partial charge in [-0.25, -0.2) is 0 Å². The first-order valence-corrected chi connectivity index (χ1v) is 8.47. The molecule has 7 heteroatoms. The predicted octanol–water partition coefficient (Wildman–Crippen LogP) is 3.12. The average Bonchev–Trinajstić information content (AvgIpc) is 3.45. The van der Waals surface area contributed by atoms with Crippen molar-refractivity contribution in [1.29, 1.82) is 5.26 Å². The van der Waals surface area contributed by atoms with Crippen molar-refractivity contribution in [1.82, 2.24) is 5.32 Å². The molecule has 0 bridgehead atoms. The molecule has 2 aromatic carbocycles. The summed E-state index contributed by atoms with van der Waals surface area (Å²) in [4.78, 5) is 24.5. The summed E-state index contributed by atoms with van der Waals surface area (Å²) in [6, 6.07) is 13.5. The lowest BCUT2D eigenvalue weighted by molar-refractivity contribution is -0.118. The third-order valence-corrected chi connectivity index (χ3v) is 4.01. The molecule has 2 aromatic rings. The van der Waals surface area contributed by atoms with E-state index in [1.54, 1.807) is 36.4 Å². The van der Waals surface area contributed by atoms with E-state index in [0.717, 1.165) is 12.8 Å². The number of para-hydroxylation sites is 1. The van der Waals surface area contributed by atoms with Crippen molar-refractivity contribution in [2.24, 2.45) is 0 Å². The minimum absolute atomic E-state index is 0.191. The zero-order valence-electron chi connectivity index (χ0n) is 13.8. The van der Waals surface area contributed by atoms with E-state index in [0.29, 0.717) is 27.6 Å². The Kier molecular flexibility index (Phi) is 5.40. The van der Waals surface area contributed by atoms with Gasteiger partial charge in [0.15, 0.2) is 6.61 Å². The molecule has 3 rings (SSSR count). The van der Waals surface area contributed by atoms with Crippen LogP contribution in [0.3, 0.4) is 0 Å². The van der Waals surface area contributed by atoms with Gasteiger partial charge < -0.3 is 15.4 Å². The Morgan fingerprint density at radius 2 is 2.00 bits per heavy atom. The van der Waals surface area contributed by atoms with Gasteiger partial charge in [-0.2, -0.15) is 5.26 Å². The first kappa shape index (κ1) is 17.8. The standard InChI is InChI=1S/C19H16ClN3O3/c20-13-5-8-16(15(9-13)19(25)22-14-6-7-14)23-18(24)11-26-17-4-2-1-3-12(17)10-21/h1-5,8-9,14H,6-7,11H2,(H,22,25)(H,23,24). The smallest absolute Gasteiger partial charge is 0.262 e. The van der Waals surface area contributed by atoms with Crippen molar-refractivity contribution in [3.63, 3.8) is 0 Å². The van der Waals surface area contributed by atoms with Crippen LogP contribution < -0.4 is 15.4 Å². The molecule has 26 heavy (non-hydrogen) atoms. The third-order valence-electron chi connectivity index (χ3n) is 3.78. The number of ether oxygens (including phenoxy) is 1. The summed E-state index contributed by atoms with van der Waals surface area (Å²) in [6.07, 6.45) is 1.92. The topological polar surface area (TPSA) is 91.2 Å². The number of halogens is 1. The van der Waals surface area contributed by atoms with Gasteiger partial charge in [-0.1, -0.05) is 23.7 Å². The van der Waals surface area contributed by atoms with Crippen LogP contribution in [0.5, 0.6) is 5.75 Å². The van der Waals surface area contributed by atoms with E-state index in [1.165, 1.54) is 6.07 Å². The van der Waals surface area contributed by atoms with Gasteiger partial charge in [0, 0.05) is 11.1 Å². The Morgan fingerprint density at radius 1 is 1.23 bits per heavy atom. The molecule has 0 saturated heterocycles. The molecule has 0 radical (unpaired) electrons. The number of hydrogen-bond acceptors (Lipinski definition) is 4. The fraction of sp³-hybridized carbons (Fsp3) is 0.211. The maximum Gasteiger partial charge on any atom is 0.262 e. The van der Waals surface area contributed by atoms with E-state index < -0.39 is 5.91 Å². The molecule has 2 amide bonds. The van der Waals surface area contributed by atoms with E-state index in [1.807, 2.05) is 6.07 Å². The fourth-order valence-electron chi connectivity index (χ4n) is 2.32. The second kappa shape index (κ2) is 7.89. The highest BCUT2D eigenvalue weighted by Gasteiger charge is 2.25. The van der Waals surface area contributed by atoms with Gasteiger partial charge >= 0.3 is 0 Å². The number of nitrogens with zero attached hydrogens (tertiary/aromatic N) is 1. The van der Waals surface area contributed by atoms with Crippen LogP contribution in [0.1, 0.15) is 28.8 Å². The summed E-state index contributed by atoms with van der Waals surface area (Å²) >= 11 is 5.98. The van der Waals surface area contributed by atoms with Gasteiger partial charge in [0.2, 0.25) is 0 Å².